The Morgan fingerprint density at radius 3 is 2.76 bits per heavy atom. The summed E-state index contributed by atoms with van der Waals surface area (Å²) in [6, 6.07) is 5.65. The van der Waals surface area contributed by atoms with Gasteiger partial charge in [0.1, 0.15) is 11.5 Å². The van der Waals surface area contributed by atoms with Gasteiger partial charge in [-0.1, -0.05) is 12.5 Å². The van der Waals surface area contributed by atoms with Gasteiger partial charge in [-0.3, -0.25) is 0 Å². The molecular formula is C14H21NO2. The smallest absolute Gasteiger partial charge is 0.124 e. The molecule has 1 aliphatic carbocycles. The number of phenols is 1. The number of aromatic hydroxyl groups is 1. The molecule has 2 N–H and O–H groups in total. The van der Waals surface area contributed by atoms with Gasteiger partial charge >= 0.3 is 0 Å². The fourth-order valence-electron chi connectivity index (χ4n) is 2.17. The lowest BCUT2D eigenvalue weighted by molar-refractivity contribution is 0.291. The summed E-state index contributed by atoms with van der Waals surface area (Å²) < 4.78 is 5.07. The zero-order chi connectivity index (χ0) is 12.3. The zero-order valence-electron chi connectivity index (χ0n) is 10.6. The number of benzene rings is 1. The lowest BCUT2D eigenvalue weighted by atomic mass is 9.85. The van der Waals surface area contributed by atoms with Crippen LogP contribution in [0.15, 0.2) is 18.2 Å². The highest BCUT2D eigenvalue weighted by atomic mass is 16.5. The van der Waals surface area contributed by atoms with Gasteiger partial charge in [-0.2, -0.15) is 0 Å². The maximum atomic E-state index is 9.91. The first-order valence-electron chi connectivity index (χ1n) is 6.31. The summed E-state index contributed by atoms with van der Waals surface area (Å²) in [7, 11) is 1.60. The van der Waals surface area contributed by atoms with E-state index in [9.17, 15) is 5.11 Å². The van der Waals surface area contributed by atoms with Gasteiger partial charge < -0.3 is 15.2 Å². The minimum absolute atomic E-state index is 0.182. The predicted octanol–water partition coefficient (Wildman–Crippen LogP) is 2.85. The lowest BCUT2D eigenvalue weighted by Crippen LogP contribution is -2.29. The summed E-state index contributed by atoms with van der Waals surface area (Å²) >= 11 is 0. The maximum Gasteiger partial charge on any atom is 0.124 e. The van der Waals surface area contributed by atoms with Gasteiger partial charge in [-0.15, -0.1) is 0 Å². The molecule has 0 bridgehead atoms. The highest BCUT2D eigenvalue weighted by Gasteiger charge is 2.18. The number of hydrogen-bond acceptors (Lipinski definition) is 3. The first-order valence-corrected chi connectivity index (χ1v) is 6.31. The molecule has 1 unspecified atom stereocenters. The fourth-order valence-corrected chi connectivity index (χ4v) is 2.17. The van der Waals surface area contributed by atoms with Crippen molar-refractivity contribution in [3.63, 3.8) is 0 Å². The van der Waals surface area contributed by atoms with E-state index in [0.29, 0.717) is 11.5 Å². The van der Waals surface area contributed by atoms with Crippen molar-refractivity contribution in [3.8, 4) is 11.5 Å². The standard InChI is InChI=1S/C14H21NO2/c1-10(15-9-11-4-3-5-11)13-7-6-12(17-2)8-14(13)16/h6-8,10-11,15-16H,3-5,9H2,1-2H3. The molecule has 17 heavy (non-hydrogen) atoms. The molecular weight excluding hydrogens is 214 g/mol. The van der Waals surface area contributed by atoms with E-state index in [-0.39, 0.29) is 6.04 Å². The van der Waals surface area contributed by atoms with Crippen molar-refractivity contribution < 1.29 is 9.84 Å². The van der Waals surface area contributed by atoms with Gasteiger partial charge in [-0.25, -0.2) is 0 Å². The van der Waals surface area contributed by atoms with Gasteiger partial charge in [-0.05, 0) is 38.3 Å². The van der Waals surface area contributed by atoms with Crippen molar-refractivity contribution in [2.45, 2.75) is 32.2 Å². The normalized spacial score (nSPS) is 17.5. The summed E-state index contributed by atoms with van der Waals surface area (Å²) in [5.41, 5.74) is 0.935. The molecule has 0 radical (unpaired) electrons. The molecule has 0 spiro atoms. The summed E-state index contributed by atoms with van der Waals surface area (Å²) in [5, 5.41) is 13.4. The maximum absolute atomic E-state index is 9.91. The third kappa shape index (κ3) is 2.91. The minimum atomic E-state index is 0.182. The van der Waals surface area contributed by atoms with E-state index < -0.39 is 0 Å². The first kappa shape index (κ1) is 12.2. The van der Waals surface area contributed by atoms with E-state index in [0.717, 1.165) is 18.0 Å². The Hall–Kier alpha value is -1.22. The van der Waals surface area contributed by atoms with Gasteiger partial charge in [0.2, 0.25) is 0 Å². The largest absolute Gasteiger partial charge is 0.507 e. The second-order valence-corrected chi connectivity index (χ2v) is 4.85. The average Bonchev–Trinajstić information content (AvgIpc) is 2.26. The number of methoxy groups -OCH3 is 1. The van der Waals surface area contributed by atoms with Crippen LogP contribution in [0, 0.1) is 5.92 Å². The van der Waals surface area contributed by atoms with Gasteiger partial charge in [0.15, 0.2) is 0 Å². The van der Waals surface area contributed by atoms with E-state index in [2.05, 4.69) is 12.2 Å². The number of rotatable bonds is 5. The first-order chi connectivity index (χ1) is 8.20. The van der Waals surface area contributed by atoms with E-state index >= 15 is 0 Å². The van der Waals surface area contributed by atoms with Crippen LogP contribution in [0.3, 0.4) is 0 Å². The van der Waals surface area contributed by atoms with Crippen LogP contribution < -0.4 is 10.1 Å². The van der Waals surface area contributed by atoms with Gasteiger partial charge in [0.25, 0.3) is 0 Å². The molecule has 0 aromatic heterocycles. The number of phenolic OH excluding ortho intramolecular Hbond substituents is 1. The Morgan fingerprint density at radius 1 is 1.47 bits per heavy atom. The van der Waals surface area contributed by atoms with Gasteiger partial charge in [0, 0.05) is 17.7 Å². The molecule has 0 aliphatic heterocycles. The second kappa shape index (κ2) is 5.41. The Morgan fingerprint density at radius 2 is 2.24 bits per heavy atom. The zero-order valence-corrected chi connectivity index (χ0v) is 10.6. The highest BCUT2D eigenvalue weighted by Crippen LogP contribution is 2.30. The molecule has 1 aliphatic rings. The van der Waals surface area contributed by atoms with E-state index in [1.165, 1.54) is 19.3 Å². The Balaban J connectivity index is 1.95. The van der Waals surface area contributed by atoms with Crippen LogP contribution in [0.4, 0.5) is 0 Å². The van der Waals surface area contributed by atoms with Crippen LogP contribution in [0.5, 0.6) is 11.5 Å². The molecule has 0 heterocycles. The van der Waals surface area contributed by atoms with Crippen molar-refractivity contribution in [2.75, 3.05) is 13.7 Å². The van der Waals surface area contributed by atoms with E-state index in [1.807, 2.05) is 12.1 Å². The van der Waals surface area contributed by atoms with Crippen molar-refractivity contribution in [1.29, 1.82) is 0 Å². The second-order valence-electron chi connectivity index (χ2n) is 4.85. The fraction of sp³-hybridized carbons (Fsp3) is 0.571. The van der Waals surface area contributed by atoms with Crippen molar-refractivity contribution in [2.24, 2.45) is 5.92 Å². The molecule has 1 atom stereocenters. The number of ether oxygens (including phenoxy) is 1. The molecule has 2 rings (SSSR count). The van der Waals surface area contributed by atoms with E-state index in [4.69, 9.17) is 4.74 Å². The van der Waals surface area contributed by atoms with Crippen LogP contribution in [0.2, 0.25) is 0 Å². The van der Waals surface area contributed by atoms with E-state index in [1.54, 1.807) is 13.2 Å². The average molecular weight is 235 g/mol. The van der Waals surface area contributed by atoms with Crippen molar-refractivity contribution in [1.82, 2.24) is 5.32 Å². The van der Waals surface area contributed by atoms with Crippen LogP contribution in [0.25, 0.3) is 0 Å². The molecule has 1 aromatic rings. The molecule has 94 valence electrons. The molecule has 0 amide bonds. The quantitative estimate of drug-likeness (QED) is 0.824. The van der Waals surface area contributed by atoms with Crippen molar-refractivity contribution >= 4 is 0 Å². The van der Waals surface area contributed by atoms with Crippen molar-refractivity contribution in [3.05, 3.63) is 23.8 Å². The van der Waals surface area contributed by atoms with Crippen LogP contribution in [-0.2, 0) is 0 Å². The topological polar surface area (TPSA) is 41.5 Å². The molecule has 3 nitrogen and oxygen atoms in total. The molecule has 1 saturated carbocycles. The van der Waals surface area contributed by atoms with Crippen LogP contribution >= 0.6 is 0 Å². The Kier molecular flexibility index (Phi) is 3.89. The summed E-state index contributed by atoms with van der Waals surface area (Å²) in [6.07, 6.45) is 4.05. The lowest BCUT2D eigenvalue weighted by Gasteiger charge is -2.27. The SMILES string of the molecule is COc1ccc(C(C)NCC2CCC2)c(O)c1. The summed E-state index contributed by atoms with van der Waals surface area (Å²) in [5.74, 6) is 1.83. The third-order valence-electron chi connectivity index (χ3n) is 3.64. The Labute approximate surface area is 103 Å². The molecule has 3 heteroatoms. The molecule has 1 aromatic carbocycles. The molecule has 1 fully saturated rings. The number of nitrogens with one attached hydrogen (secondary N) is 1. The summed E-state index contributed by atoms with van der Waals surface area (Å²) in [6.45, 7) is 3.13. The number of hydrogen-bond donors (Lipinski definition) is 2. The van der Waals surface area contributed by atoms with Crippen LogP contribution in [-0.4, -0.2) is 18.8 Å². The minimum Gasteiger partial charge on any atom is -0.507 e. The Bertz CT molecular complexity index is 374. The third-order valence-corrected chi connectivity index (χ3v) is 3.64. The van der Waals surface area contributed by atoms with Gasteiger partial charge in [0.05, 0.1) is 7.11 Å². The van der Waals surface area contributed by atoms with Crippen LogP contribution in [0.1, 0.15) is 37.8 Å². The molecule has 0 saturated heterocycles. The highest BCUT2D eigenvalue weighted by molar-refractivity contribution is 5.41. The monoisotopic (exact) mass is 235 g/mol. The summed E-state index contributed by atoms with van der Waals surface area (Å²) in [4.78, 5) is 0. The predicted molar refractivity (Wildman–Crippen MR) is 68.4 cm³/mol.